The van der Waals surface area contributed by atoms with Gasteiger partial charge in [-0.1, -0.05) is 6.07 Å². The molecular weight excluding hydrogens is 375 g/mol. The highest BCUT2D eigenvalue weighted by Gasteiger charge is 2.20. The number of anilines is 1. The van der Waals surface area contributed by atoms with Crippen LogP contribution in [0, 0.1) is 12.4 Å². The van der Waals surface area contributed by atoms with Gasteiger partial charge in [-0.05, 0) is 38.0 Å². The molecule has 0 radical (unpaired) electrons. The van der Waals surface area contributed by atoms with Crippen LogP contribution < -0.4 is 10.1 Å². The fraction of sp³-hybridized carbons (Fsp3) is 0.250. The van der Waals surface area contributed by atoms with Crippen LogP contribution in [0.5, 0.6) is 5.75 Å². The van der Waals surface area contributed by atoms with E-state index < -0.39 is 11.7 Å². The van der Waals surface area contributed by atoms with Crippen molar-refractivity contribution >= 4 is 17.4 Å². The average Bonchev–Trinajstić information content (AvgIpc) is 3.20. The predicted molar refractivity (Wildman–Crippen MR) is 103 cm³/mol. The molecule has 3 aromatic rings. The number of aromatic nitrogens is 4. The van der Waals surface area contributed by atoms with E-state index in [1.54, 1.807) is 24.5 Å². The molecule has 4 rings (SSSR count). The molecule has 29 heavy (non-hydrogen) atoms. The van der Waals surface area contributed by atoms with Crippen LogP contribution in [-0.4, -0.2) is 32.3 Å². The summed E-state index contributed by atoms with van der Waals surface area (Å²) in [5, 5.41) is 10.9. The molecule has 0 aliphatic carbocycles. The van der Waals surface area contributed by atoms with Crippen LogP contribution in [-0.2, 0) is 0 Å². The van der Waals surface area contributed by atoms with E-state index in [-0.39, 0.29) is 23.0 Å². The second-order valence-electron chi connectivity index (χ2n) is 6.68. The van der Waals surface area contributed by atoms with E-state index in [0.717, 1.165) is 12.5 Å². The number of amides is 1. The Hall–Kier alpha value is -3.80. The van der Waals surface area contributed by atoms with Crippen LogP contribution in [0.15, 0.2) is 36.7 Å². The summed E-state index contributed by atoms with van der Waals surface area (Å²) in [6, 6.07) is 7.55. The molecule has 9 heteroatoms. The normalized spacial score (nSPS) is 16.4. The van der Waals surface area contributed by atoms with Gasteiger partial charge in [0.2, 0.25) is 5.69 Å². The monoisotopic (exact) mass is 392 g/mol. The van der Waals surface area contributed by atoms with Gasteiger partial charge in [0.15, 0.2) is 5.82 Å². The van der Waals surface area contributed by atoms with E-state index in [9.17, 15) is 9.18 Å². The maximum atomic E-state index is 14.1. The molecule has 3 heterocycles. The van der Waals surface area contributed by atoms with E-state index in [2.05, 4.69) is 25.3 Å². The summed E-state index contributed by atoms with van der Waals surface area (Å²) < 4.78 is 21.7. The molecule has 2 bridgehead atoms. The molecule has 1 aliphatic heterocycles. The molecule has 0 spiro atoms. The summed E-state index contributed by atoms with van der Waals surface area (Å²) in [7, 11) is 0. The number of halogens is 1. The highest BCUT2D eigenvalue weighted by molar-refractivity contribution is 6.06. The smallest absolute Gasteiger partial charge is 0.259 e. The minimum absolute atomic E-state index is 0.0814. The molecule has 8 nitrogen and oxygen atoms in total. The SMILES string of the molecule is [C-]#[N+]c1cc2c(cc1F)OCCC[C@H](C)n1cnnc1-c1cccc(n1)NC2=O. The van der Waals surface area contributed by atoms with Crippen LogP contribution in [0.25, 0.3) is 16.4 Å². The number of hydrogen-bond acceptors (Lipinski definition) is 5. The summed E-state index contributed by atoms with van der Waals surface area (Å²) in [4.78, 5) is 20.4. The lowest BCUT2D eigenvalue weighted by atomic mass is 10.1. The minimum Gasteiger partial charge on any atom is -0.493 e. The van der Waals surface area contributed by atoms with Gasteiger partial charge >= 0.3 is 0 Å². The number of rotatable bonds is 0. The van der Waals surface area contributed by atoms with Crippen molar-refractivity contribution in [2.45, 2.75) is 25.8 Å². The first-order chi connectivity index (χ1) is 14.1. The zero-order valence-electron chi connectivity index (χ0n) is 15.6. The number of benzene rings is 1. The maximum Gasteiger partial charge on any atom is 0.259 e. The van der Waals surface area contributed by atoms with Gasteiger partial charge in [0.1, 0.15) is 29.4 Å². The molecule has 0 saturated carbocycles. The van der Waals surface area contributed by atoms with Crippen molar-refractivity contribution in [3.8, 4) is 17.3 Å². The molecule has 1 aromatic carbocycles. The molecule has 0 saturated heterocycles. The minimum atomic E-state index is -0.727. The Morgan fingerprint density at radius 2 is 2.24 bits per heavy atom. The summed E-state index contributed by atoms with van der Waals surface area (Å²) in [6.45, 7) is 9.44. The van der Waals surface area contributed by atoms with Gasteiger partial charge in [-0.25, -0.2) is 14.2 Å². The Balaban J connectivity index is 1.79. The standard InChI is InChI=1S/C20H17FN6O2/c1-12-5-4-8-29-17-10-14(21)16(22-2)9-13(17)20(28)25-18-7-3-6-15(24-18)19-26-23-11-27(12)19/h3,6-7,9-12H,4-5,8H2,1H3,(H,24,25,28)/t12-/m0/s1. The lowest BCUT2D eigenvalue weighted by molar-refractivity contribution is 0.102. The van der Waals surface area contributed by atoms with Crippen molar-refractivity contribution in [1.82, 2.24) is 19.7 Å². The Labute approximate surface area is 166 Å². The number of carbonyl (C=O) groups excluding carboxylic acids is 1. The molecule has 1 amide bonds. The van der Waals surface area contributed by atoms with Crippen molar-refractivity contribution in [2.24, 2.45) is 0 Å². The van der Waals surface area contributed by atoms with E-state index in [1.807, 2.05) is 11.5 Å². The second-order valence-corrected chi connectivity index (χ2v) is 6.68. The van der Waals surface area contributed by atoms with E-state index in [1.165, 1.54) is 6.07 Å². The van der Waals surface area contributed by atoms with Gasteiger partial charge in [-0.3, -0.25) is 4.79 Å². The molecule has 1 aliphatic rings. The highest BCUT2D eigenvalue weighted by atomic mass is 19.1. The average molecular weight is 392 g/mol. The molecule has 146 valence electrons. The molecule has 1 atom stereocenters. The van der Waals surface area contributed by atoms with Gasteiger partial charge in [-0.15, -0.1) is 10.2 Å². The molecule has 2 aromatic heterocycles. The lowest BCUT2D eigenvalue weighted by Gasteiger charge is -2.17. The number of fused-ring (bicyclic) bond motifs is 5. The van der Waals surface area contributed by atoms with E-state index >= 15 is 0 Å². The number of pyridine rings is 1. The van der Waals surface area contributed by atoms with Crippen LogP contribution in [0.3, 0.4) is 0 Å². The van der Waals surface area contributed by atoms with Gasteiger partial charge in [0, 0.05) is 12.1 Å². The largest absolute Gasteiger partial charge is 0.493 e. The van der Waals surface area contributed by atoms with Crippen molar-refractivity contribution in [2.75, 3.05) is 11.9 Å². The Kier molecular flexibility index (Phi) is 4.91. The van der Waals surface area contributed by atoms with Crippen LogP contribution >= 0.6 is 0 Å². The Morgan fingerprint density at radius 1 is 1.38 bits per heavy atom. The summed E-state index contributed by atoms with van der Waals surface area (Å²) in [6.07, 6.45) is 3.07. The molecule has 0 fully saturated rings. The maximum absolute atomic E-state index is 14.1. The highest BCUT2D eigenvalue weighted by Crippen LogP contribution is 2.30. The first kappa shape index (κ1) is 18.6. The fourth-order valence-corrected chi connectivity index (χ4v) is 3.19. The van der Waals surface area contributed by atoms with Crippen molar-refractivity contribution < 1.29 is 13.9 Å². The first-order valence-electron chi connectivity index (χ1n) is 9.09. The summed E-state index contributed by atoms with van der Waals surface area (Å²) in [5.41, 5.74) is 0.409. The molecule has 1 N–H and O–H groups in total. The topological polar surface area (TPSA) is 86.3 Å². The second kappa shape index (κ2) is 7.67. The van der Waals surface area contributed by atoms with Crippen molar-refractivity contribution in [3.05, 3.63) is 59.5 Å². The summed E-state index contributed by atoms with van der Waals surface area (Å²) >= 11 is 0. The number of nitrogens with zero attached hydrogens (tertiary/aromatic N) is 5. The Morgan fingerprint density at radius 3 is 3.07 bits per heavy atom. The van der Waals surface area contributed by atoms with Gasteiger partial charge in [0.05, 0.1) is 18.7 Å². The van der Waals surface area contributed by atoms with Crippen molar-refractivity contribution in [1.29, 1.82) is 0 Å². The van der Waals surface area contributed by atoms with Gasteiger partial charge in [0.25, 0.3) is 5.91 Å². The third-order valence-corrected chi connectivity index (χ3v) is 4.71. The first-order valence-corrected chi connectivity index (χ1v) is 9.09. The van der Waals surface area contributed by atoms with E-state index in [0.29, 0.717) is 30.4 Å². The third-order valence-electron chi connectivity index (χ3n) is 4.71. The zero-order valence-corrected chi connectivity index (χ0v) is 15.6. The molecule has 0 unspecified atom stereocenters. The predicted octanol–water partition coefficient (Wildman–Crippen LogP) is 4.02. The number of carbonyl (C=O) groups is 1. The fourth-order valence-electron chi connectivity index (χ4n) is 3.19. The lowest BCUT2D eigenvalue weighted by Crippen LogP contribution is -2.16. The quantitative estimate of drug-likeness (QED) is 0.584. The van der Waals surface area contributed by atoms with Crippen LogP contribution in [0.1, 0.15) is 36.2 Å². The number of nitrogens with one attached hydrogen (secondary N) is 1. The Bertz CT molecular complexity index is 1120. The van der Waals surface area contributed by atoms with Crippen LogP contribution in [0.4, 0.5) is 15.9 Å². The van der Waals surface area contributed by atoms with Crippen LogP contribution in [0.2, 0.25) is 0 Å². The van der Waals surface area contributed by atoms with E-state index in [4.69, 9.17) is 11.3 Å². The third kappa shape index (κ3) is 3.65. The number of hydrogen-bond donors (Lipinski definition) is 1. The van der Waals surface area contributed by atoms with Crippen molar-refractivity contribution in [3.63, 3.8) is 0 Å². The zero-order chi connectivity index (χ0) is 20.4. The van der Waals surface area contributed by atoms with Gasteiger partial charge in [-0.2, -0.15) is 0 Å². The molecular formula is C20H17FN6O2. The van der Waals surface area contributed by atoms with Gasteiger partial charge < -0.3 is 14.6 Å². The summed E-state index contributed by atoms with van der Waals surface area (Å²) in [5.74, 6) is -0.272. The number of ether oxygens (including phenoxy) is 1.